The summed E-state index contributed by atoms with van der Waals surface area (Å²) < 4.78 is 32.4. The Morgan fingerprint density at radius 3 is 2.52 bits per heavy atom. The van der Waals surface area contributed by atoms with E-state index in [4.69, 9.17) is 4.98 Å². The van der Waals surface area contributed by atoms with E-state index in [1.165, 1.54) is 6.07 Å². The maximum atomic E-state index is 12.8. The molecule has 0 saturated carbocycles. The lowest BCUT2D eigenvalue weighted by Crippen LogP contribution is -2.46. The Kier molecular flexibility index (Phi) is 4.77. The Hall–Kier alpha value is -3.55. The molecule has 0 bridgehead atoms. The number of rotatable bonds is 5. The molecule has 1 saturated heterocycles. The number of anilines is 1. The third-order valence-electron chi connectivity index (χ3n) is 5.60. The van der Waals surface area contributed by atoms with Gasteiger partial charge in [0.05, 0.1) is 22.6 Å². The van der Waals surface area contributed by atoms with Crippen molar-refractivity contribution in [1.29, 1.82) is 0 Å². The molecule has 1 aliphatic heterocycles. The lowest BCUT2D eigenvalue weighted by molar-refractivity contribution is -0.0494. The summed E-state index contributed by atoms with van der Waals surface area (Å²) >= 11 is 0. The van der Waals surface area contributed by atoms with Gasteiger partial charge in [-0.05, 0) is 31.2 Å². The third-order valence-corrected chi connectivity index (χ3v) is 5.60. The number of hydrogen-bond donors (Lipinski definition) is 0. The molecule has 0 atom stereocenters. The van der Waals surface area contributed by atoms with Crippen LogP contribution in [0.5, 0.6) is 5.75 Å². The van der Waals surface area contributed by atoms with Crippen molar-refractivity contribution in [2.24, 2.45) is 7.05 Å². The lowest BCUT2D eigenvalue weighted by Gasteiger charge is -2.39. The van der Waals surface area contributed by atoms with Gasteiger partial charge in [0.15, 0.2) is 0 Å². The predicted octanol–water partition coefficient (Wildman–Crippen LogP) is 4.54. The van der Waals surface area contributed by atoms with E-state index in [0.717, 1.165) is 35.8 Å². The molecule has 0 amide bonds. The van der Waals surface area contributed by atoms with Crippen LogP contribution < -0.4 is 9.64 Å². The number of benzene rings is 2. The highest BCUT2D eigenvalue weighted by Crippen LogP contribution is 2.35. The molecule has 3 heterocycles. The second kappa shape index (κ2) is 7.61. The molecule has 158 valence electrons. The Bertz CT molecular complexity index is 1250. The number of alkyl halides is 2. The fourth-order valence-corrected chi connectivity index (χ4v) is 4.09. The number of aryl methyl sites for hydroxylation is 2. The Morgan fingerprint density at radius 2 is 1.74 bits per heavy atom. The maximum absolute atomic E-state index is 12.8. The SMILES string of the molecule is Cc1nc(-c2ccccc2OC(F)F)cc(N2CC(c3nc4ccccc4n3C)C2)n1. The molecule has 2 aromatic carbocycles. The molecule has 4 aromatic rings. The van der Waals surface area contributed by atoms with Gasteiger partial charge in [0.25, 0.3) is 0 Å². The van der Waals surface area contributed by atoms with Crippen molar-refractivity contribution in [3.05, 3.63) is 66.2 Å². The highest BCUT2D eigenvalue weighted by atomic mass is 19.3. The zero-order valence-electron chi connectivity index (χ0n) is 17.2. The van der Waals surface area contributed by atoms with Crippen molar-refractivity contribution in [2.75, 3.05) is 18.0 Å². The third kappa shape index (κ3) is 3.58. The Balaban J connectivity index is 1.41. The van der Waals surface area contributed by atoms with Gasteiger partial charge in [-0.3, -0.25) is 0 Å². The minimum atomic E-state index is -2.90. The Labute approximate surface area is 178 Å². The number of fused-ring (bicyclic) bond motifs is 1. The van der Waals surface area contributed by atoms with Gasteiger partial charge in [0.2, 0.25) is 0 Å². The van der Waals surface area contributed by atoms with Crippen molar-refractivity contribution in [3.63, 3.8) is 0 Å². The second-order valence-electron chi connectivity index (χ2n) is 7.65. The van der Waals surface area contributed by atoms with E-state index in [-0.39, 0.29) is 5.75 Å². The smallest absolute Gasteiger partial charge is 0.387 e. The largest absolute Gasteiger partial charge is 0.434 e. The molecule has 8 heteroatoms. The van der Waals surface area contributed by atoms with Gasteiger partial charge in [-0.2, -0.15) is 8.78 Å². The van der Waals surface area contributed by atoms with Gasteiger partial charge in [-0.15, -0.1) is 0 Å². The van der Waals surface area contributed by atoms with Crippen LogP contribution in [-0.2, 0) is 7.05 Å². The molecule has 0 aliphatic carbocycles. The van der Waals surface area contributed by atoms with Crippen molar-refractivity contribution in [2.45, 2.75) is 19.5 Å². The van der Waals surface area contributed by atoms with Crippen LogP contribution in [0.3, 0.4) is 0 Å². The molecule has 1 aliphatic rings. The number of para-hydroxylation sites is 3. The normalized spacial score (nSPS) is 14.3. The zero-order valence-corrected chi connectivity index (χ0v) is 17.2. The molecule has 0 N–H and O–H groups in total. The van der Waals surface area contributed by atoms with E-state index in [1.54, 1.807) is 25.1 Å². The summed E-state index contributed by atoms with van der Waals surface area (Å²) in [4.78, 5) is 16.0. The fourth-order valence-electron chi connectivity index (χ4n) is 4.09. The van der Waals surface area contributed by atoms with Gasteiger partial charge in [-0.1, -0.05) is 24.3 Å². The topological polar surface area (TPSA) is 56.1 Å². The lowest BCUT2D eigenvalue weighted by atomic mass is 9.99. The number of ether oxygens (including phenoxy) is 1. The first-order valence-corrected chi connectivity index (χ1v) is 10.1. The maximum Gasteiger partial charge on any atom is 0.387 e. The van der Waals surface area contributed by atoms with Gasteiger partial charge < -0.3 is 14.2 Å². The minimum absolute atomic E-state index is 0.0998. The van der Waals surface area contributed by atoms with Crippen LogP contribution in [0, 0.1) is 6.92 Å². The van der Waals surface area contributed by atoms with E-state index in [2.05, 4.69) is 30.2 Å². The van der Waals surface area contributed by atoms with Gasteiger partial charge in [0, 0.05) is 31.8 Å². The predicted molar refractivity (Wildman–Crippen MR) is 115 cm³/mol. The summed E-state index contributed by atoms with van der Waals surface area (Å²) in [5.74, 6) is 2.79. The van der Waals surface area contributed by atoms with E-state index >= 15 is 0 Å². The molecule has 31 heavy (non-hydrogen) atoms. The number of aromatic nitrogens is 4. The summed E-state index contributed by atoms with van der Waals surface area (Å²) in [5, 5.41) is 0. The Morgan fingerprint density at radius 1 is 1.00 bits per heavy atom. The van der Waals surface area contributed by atoms with Gasteiger partial charge >= 0.3 is 6.61 Å². The molecular formula is C23H21F2N5O. The first-order valence-electron chi connectivity index (χ1n) is 10.1. The molecule has 0 radical (unpaired) electrons. The van der Waals surface area contributed by atoms with Crippen LogP contribution in [-0.4, -0.2) is 39.2 Å². The molecule has 1 fully saturated rings. The van der Waals surface area contributed by atoms with Crippen LogP contribution in [0.1, 0.15) is 17.6 Å². The molecule has 5 rings (SSSR count). The summed E-state index contributed by atoms with van der Waals surface area (Å²) in [7, 11) is 2.04. The van der Waals surface area contributed by atoms with Crippen molar-refractivity contribution in [1.82, 2.24) is 19.5 Å². The number of imidazole rings is 1. The molecule has 0 spiro atoms. The average molecular weight is 421 g/mol. The first kappa shape index (κ1) is 19.4. The second-order valence-corrected chi connectivity index (χ2v) is 7.65. The first-order chi connectivity index (χ1) is 15.0. The van der Waals surface area contributed by atoms with Crippen molar-refractivity contribution < 1.29 is 13.5 Å². The van der Waals surface area contributed by atoms with Crippen LogP contribution in [0.15, 0.2) is 54.6 Å². The van der Waals surface area contributed by atoms with E-state index in [0.29, 0.717) is 23.0 Å². The molecule has 6 nitrogen and oxygen atoms in total. The summed E-state index contributed by atoms with van der Waals surface area (Å²) in [5.41, 5.74) is 3.19. The highest BCUT2D eigenvalue weighted by molar-refractivity contribution is 5.76. The molecule has 0 unspecified atom stereocenters. The van der Waals surface area contributed by atoms with Gasteiger partial charge in [-0.25, -0.2) is 15.0 Å². The monoisotopic (exact) mass is 421 g/mol. The fraction of sp³-hybridized carbons (Fsp3) is 0.261. The average Bonchev–Trinajstić information content (AvgIpc) is 3.03. The quantitative estimate of drug-likeness (QED) is 0.473. The van der Waals surface area contributed by atoms with E-state index in [1.807, 2.05) is 31.3 Å². The van der Waals surface area contributed by atoms with Crippen molar-refractivity contribution >= 4 is 16.9 Å². The zero-order chi connectivity index (χ0) is 21.5. The van der Waals surface area contributed by atoms with E-state index < -0.39 is 6.61 Å². The van der Waals surface area contributed by atoms with Crippen LogP contribution in [0.4, 0.5) is 14.6 Å². The molecular weight excluding hydrogens is 400 g/mol. The van der Waals surface area contributed by atoms with Crippen LogP contribution in [0.2, 0.25) is 0 Å². The molecule has 2 aromatic heterocycles. The number of nitrogens with zero attached hydrogens (tertiary/aromatic N) is 5. The summed E-state index contributed by atoms with van der Waals surface area (Å²) in [6.45, 7) is 0.463. The van der Waals surface area contributed by atoms with Crippen LogP contribution in [0.25, 0.3) is 22.3 Å². The minimum Gasteiger partial charge on any atom is -0.434 e. The summed E-state index contributed by atoms with van der Waals surface area (Å²) in [6, 6.07) is 16.6. The number of hydrogen-bond acceptors (Lipinski definition) is 5. The van der Waals surface area contributed by atoms with Gasteiger partial charge in [0.1, 0.15) is 23.2 Å². The number of halogens is 2. The van der Waals surface area contributed by atoms with E-state index in [9.17, 15) is 8.78 Å². The van der Waals surface area contributed by atoms with Crippen molar-refractivity contribution in [3.8, 4) is 17.0 Å². The summed E-state index contributed by atoms with van der Waals surface area (Å²) in [6.07, 6.45) is 0. The highest BCUT2D eigenvalue weighted by Gasteiger charge is 2.33. The standard InChI is InChI=1S/C23H21F2N5O/c1-14-26-18(16-7-3-6-10-20(16)31-23(24)25)11-21(27-14)30-12-15(13-30)22-28-17-8-4-5-9-19(17)29(22)2/h3-11,15,23H,12-13H2,1-2H3. The van der Waals surface area contributed by atoms with Crippen LogP contribution >= 0.6 is 0 Å².